The minimum Gasteiger partial charge on any atom is -0.394 e. The number of hydrogen-bond donors (Lipinski definition) is 2. The second kappa shape index (κ2) is 48.9. The summed E-state index contributed by atoms with van der Waals surface area (Å²) >= 11 is 0. The van der Waals surface area contributed by atoms with Gasteiger partial charge in [-0.1, -0.05) is 237 Å². The maximum absolute atomic E-state index is 12.4. The molecule has 0 rings (SSSR count). The van der Waals surface area contributed by atoms with Crippen LogP contribution in [0, 0.1) is 0 Å². The van der Waals surface area contributed by atoms with Gasteiger partial charge >= 0.3 is 0 Å². The summed E-state index contributed by atoms with van der Waals surface area (Å²) in [5, 5.41) is 12.9. The predicted molar refractivity (Wildman–Crippen MR) is 252 cm³/mol. The van der Waals surface area contributed by atoms with E-state index in [2.05, 4.69) is 43.5 Å². The molecule has 0 aliphatic carbocycles. The Hall–Kier alpha value is -1.42. The molecule has 1 atom stereocenters. The largest absolute Gasteiger partial charge is 0.394 e. The Labute approximate surface area is 357 Å². The van der Waals surface area contributed by atoms with E-state index in [1.807, 2.05) is 0 Å². The molecular weight excluding hydrogens is 699 g/mol. The zero-order valence-electron chi connectivity index (χ0n) is 38.8. The van der Waals surface area contributed by atoms with Gasteiger partial charge in [-0.2, -0.15) is 0 Å². The van der Waals surface area contributed by atoms with E-state index < -0.39 is 0 Å². The van der Waals surface area contributed by atoms with Gasteiger partial charge in [0.25, 0.3) is 0 Å². The lowest BCUT2D eigenvalue weighted by Gasteiger charge is -2.16. The van der Waals surface area contributed by atoms with Crippen LogP contribution in [0.3, 0.4) is 0 Å². The smallest absolute Gasteiger partial charge is 0.220 e. The molecular formula is C53H101NO3. The number of rotatable bonds is 48. The molecule has 0 spiro atoms. The number of unbranched alkanes of at least 4 members (excludes halogenated alkanes) is 34. The molecule has 4 nitrogen and oxygen atoms in total. The highest BCUT2D eigenvalue weighted by Crippen LogP contribution is 2.17. The van der Waals surface area contributed by atoms with Crippen molar-refractivity contribution in [1.82, 2.24) is 5.32 Å². The van der Waals surface area contributed by atoms with Gasteiger partial charge in [-0.25, -0.2) is 0 Å². The second-order valence-corrected chi connectivity index (χ2v) is 17.8. The Balaban J connectivity index is 3.40. The van der Waals surface area contributed by atoms with E-state index in [9.17, 15) is 14.7 Å². The molecule has 0 aromatic rings. The molecule has 0 aliphatic heterocycles. The number of nitrogens with one attached hydrogen (secondary N) is 1. The fourth-order valence-electron chi connectivity index (χ4n) is 8.08. The van der Waals surface area contributed by atoms with Crippen molar-refractivity contribution in [3.63, 3.8) is 0 Å². The maximum atomic E-state index is 12.4. The highest BCUT2D eigenvalue weighted by atomic mass is 16.3. The number of amides is 1. The van der Waals surface area contributed by atoms with Crippen molar-refractivity contribution in [3.8, 4) is 0 Å². The molecule has 0 radical (unpaired) electrons. The molecule has 0 saturated heterocycles. The third kappa shape index (κ3) is 47.1. The molecule has 1 amide bonds. The van der Waals surface area contributed by atoms with E-state index in [1.54, 1.807) is 0 Å². The number of aliphatic hydroxyl groups excluding tert-OH is 1. The van der Waals surface area contributed by atoms with Crippen molar-refractivity contribution < 1.29 is 14.7 Å². The molecule has 0 aromatic heterocycles. The van der Waals surface area contributed by atoms with Crippen LogP contribution in [0.1, 0.15) is 290 Å². The Kier molecular flexibility index (Phi) is 47.7. The van der Waals surface area contributed by atoms with E-state index in [1.165, 1.54) is 212 Å². The third-order valence-electron chi connectivity index (χ3n) is 12.0. The summed E-state index contributed by atoms with van der Waals surface area (Å²) in [7, 11) is 0. The average molecular weight is 800 g/mol. The molecule has 57 heavy (non-hydrogen) atoms. The van der Waals surface area contributed by atoms with Gasteiger partial charge < -0.3 is 10.4 Å². The summed E-state index contributed by atoms with van der Waals surface area (Å²) in [6.07, 6.45) is 62.5. The van der Waals surface area contributed by atoms with Crippen LogP contribution >= 0.6 is 0 Å². The van der Waals surface area contributed by atoms with E-state index >= 15 is 0 Å². The molecule has 0 unspecified atom stereocenters. The van der Waals surface area contributed by atoms with E-state index in [0.29, 0.717) is 12.2 Å². The first-order valence-electron chi connectivity index (χ1n) is 25.9. The molecule has 0 aliphatic rings. The van der Waals surface area contributed by atoms with Crippen LogP contribution in [-0.4, -0.2) is 29.4 Å². The van der Waals surface area contributed by atoms with Gasteiger partial charge in [0, 0.05) is 19.3 Å². The lowest BCUT2D eigenvalue weighted by Crippen LogP contribution is -2.37. The Morgan fingerprint density at radius 3 is 1.12 bits per heavy atom. The zero-order valence-corrected chi connectivity index (χ0v) is 38.8. The summed E-state index contributed by atoms with van der Waals surface area (Å²) < 4.78 is 0. The molecule has 2 N–H and O–H groups in total. The van der Waals surface area contributed by atoms with Gasteiger partial charge in [0.05, 0.1) is 12.6 Å². The van der Waals surface area contributed by atoms with Crippen LogP contribution < -0.4 is 5.32 Å². The van der Waals surface area contributed by atoms with Gasteiger partial charge in [-0.15, -0.1) is 0 Å². The number of allylic oxidation sites excluding steroid dienone is 4. The van der Waals surface area contributed by atoms with Crippen LogP contribution in [0.15, 0.2) is 24.3 Å². The van der Waals surface area contributed by atoms with Crippen LogP contribution in [0.25, 0.3) is 0 Å². The summed E-state index contributed by atoms with van der Waals surface area (Å²) in [5.74, 6) is 0.600. The second-order valence-electron chi connectivity index (χ2n) is 17.8. The van der Waals surface area contributed by atoms with Gasteiger partial charge in [-0.3, -0.25) is 9.59 Å². The predicted octanol–water partition coefficient (Wildman–Crippen LogP) is 17.0. The average Bonchev–Trinajstić information content (AvgIpc) is 3.21. The van der Waals surface area contributed by atoms with Crippen LogP contribution in [0.5, 0.6) is 0 Å². The number of Topliss-reactive ketones (excluding diaryl/α,β-unsaturated/α-hetero) is 1. The molecule has 0 aromatic carbocycles. The highest BCUT2D eigenvalue weighted by molar-refractivity contribution is 5.78. The monoisotopic (exact) mass is 800 g/mol. The number of carbonyl (C=O) groups excluding carboxylic acids is 2. The van der Waals surface area contributed by atoms with Gasteiger partial charge in [-0.05, 0) is 57.8 Å². The van der Waals surface area contributed by atoms with Crippen molar-refractivity contribution in [2.24, 2.45) is 0 Å². The summed E-state index contributed by atoms with van der Waals surface area (Å²) in [4.78, 5) is 24.7. The van der Waals surface area contributed by atoms with Crippen molar-refractivity contribution in [3.05, 3.63) is 24.3 Å². The summed E-state index contributed by atoms with van der Waals surface area (Å²) in [5.41, 5.74) is 0. The van der Waals surface area contributed by atoms with E-state index in [0.717, 1.165) is 57.8 Å². The Morgan fingerprint density at radius 1 is 0.404 bits per heavy atom. The van der Waals surface area contributed by atoms with Gasteiger partial charge in [0.1, 0.15) is 5.78 Å². The summed E-state index contributed by atoms with van der Waals surface area (Å²) in [6, 6.07) is -0.0719. The van der Waals surface area contributed by atoms with Crippen molar-refractivity contribution in [1.29, 1.82) is 0 Å². The number of carbonyl (C=O) groups is 2. The molecule has 0 bridgehead atoms. The minimum absolute atomic E-state index is 0.0569. The molecule has 0 heterocycles. The minimum atomic E-state index is -0.0719. The number of hydrogen-bond acceptors (Lipinski definition) is 3. The third-order valence-corrected chi connectivity index (χ3v) is 12.0. The lowest BCUT2D eigenvalue weighted by molar-refractivity contribution is -0.122. The highest BCUT2D eigenvalue weighted by Gasteiger charge is 2.11. The Bertz CT molecular complexity index is 866. The van der Waals surface area contributed by atoms with E-state index in [-0.39, 0.29) is 18.6 Å². The van der Waals surface area contributed by atoms with Crippen LogP contribution in [0.2, 0.25) is 0 Å². The molecule has 0 fully saturated rings. The standard InChI is InChI=1S/C53H101NO3/c1-3-5-7-9-11-13-15-17-19-21-22-26-30-34-38-42-46-51(50-55)54-53(57)49-45-41-37-33-29-25-24-28-32-36-40-44-48-52(56)47-43-39-35-31-27-23-20-18-16-14-12-10-8-6-4-2/h12,14,18,20,51,55H,3-11,13,15-17,19,21-50H2,1-2H3,(H,54,57)/t51-/m0/s1. The fourth-order valence-corrected chi connectivity index (χ4v) is 8.08. The van der Waals surface area contributed by atoms with Gasteiger partial charge in [0.15, 0.2) is 0 Å². The fraction of sp³-hybridized carbons (Fsp3) is 0.887. The quantitative estimate of drug-likeness (QED) is 0.0476. The zero-order chi connectivity index (χ0) is 41.4. The SMILES string of the molecule is CCCCCC=CCC=CCCCCCCCC(=O)CCCCCCCCCCCCCCC(=O)N[C@H](CO)CCCCCCCCCCCCCCCCCC. The first kappa shape index (κ1) is 55.6. The maximum Gasteiger partial charge on any atom is 0.220 e. The molecule has 336 valence electrons. The summed E-state index contributed by atoms with van der Waals surface area (Å²) in [6.45, 7) is 4.60. The van der Waals surface area contributed by atoms with Crippen molar-refractivity contribution >= 4 is 11.7 Å². The van der Waals surface area contributed by atoms with Gasteiger partial charge in [0.2, 0.25) is 5.91 Å². The van der Waals surface area contributed by atoms with Crippen LogP contribution in [-0.2, 0) is 9.59 Å². The lowest BCUT2D eigenvalue weighted by atomic mass is 10.0. The first-order valence-corrected chi connectivity index (χ1v) is 25.9. The first-order chi connectivity index (χ1) is 28.1. The Morgan fingerprint density at radius 2 is 0.719 bits per heavy atom. The number of ketones is 1. The topological polar surface area (TPSA) is 66.4 Å². The normalized spacial score (nSPS) is 12.3. The van der Waals surface area contributed by atoms with Crippen molar-refractivity contribution in [2.45, 2.75) is 296 Å². The molecule has 4 heteroatoms. The molecule has 0 saturated carbocycles. The number of aliphatic hydroxyl groups is 1. The van der Waals surface area contributed by atoms with E-state index in [4.69, 9.17) is 0 Å². The van der Waals surface area contributed by atoms with Crippen LogP contribution in [0.4, 0.5) is 0 Å². The van der Waals surface area contributed by atoms with Crippen molar-refractivity contribution in [2.75, 3.05) is 6.61 Å².